The number of nitrogens with zero attached hydrogens (tertiary/aromatic N) is 3. The van der Waals surface area contributed by atoms with E-state index in [9.17, 15) is 18.0 Å². The van der Waals surface area contributed by atoms with Crippen LogP contribution in [0.5, 0.6) is 0 Å². The van der Waals surface area contributed by atoms with Crippen molar-refractivity contribution >= 4 is 33.7 Å². The molecule has 0 unspecified atom stereocenters. The first kappa shape index (κ1) is 18.5. The van der Waals surface area contributed by atoms with E-state index >= 15 is 0 Å². The number of aromatic nitrogens is 1. The van der Waals surface area contributed by atoms with E-state index in [1.807, 2.05) is 4.90 Å². The lowest BCUT2D eigenvalue weighted by molar-refractivity contribution is -0.137. The number of halogens is 4. The third kappa shape index (κ3) is 4.46. The molecule has 0 radical (unpaired) electrons. The predicted molar refractivity (Wildman–Crippen MR) is 93.5 cm³/mol. The van der Waals surface area contributed by atoms with Crippen LogP contribution in [0.3, 0.4) is 0 Å². The topological polar surface area (TPSA) is 49.6 Å². The molecule has 1 amide bonds. The summed E-state index contributed by atoms with van der Waals surface area (Å²) in [6.45, 7) is 1.94. The van der Waals surface area contributed by atoms with Gasteiger partial charge in [-0.05, 0) is 46.3 Å². The first-order valence-electron chi connectivity index (χ1n) is 7.83. The molecule has 3 heterocycles. The Morgan fingerprint density at radius 3 is 2.42 bits per heavy atom. The minimum absolute atomic E-state index is 0.141. The van der Waals surface area contributed by atoms with E-state index in [0.717, 1.165) is 12.3 Å². The number of furan rings is 1. The molecule has 0 aliphatic carbocycles. The lowest BCUT2D eigenvalue weighted by atomic mass is 10.2. The summed E-state index contributed by atoms with van der Waals surface area (Å²) in [5, 5.41) is 0. The minimum atomic E-state index is -4.40. The fraction of sp³-hybridized carbons (Fsp3) is 0.294. The highest BCUT2D eigenvalue weighted by atomic mass is 79.9. The molecule has 138 valence electrons. The van der Waals surface area contributed by atoms with Crippen molar-refractivity contribution in [3.05, 3.63) is 52.5 Å². The molecule has 0 aromatic carbocycles. The lowest BCUT2D eigenvalue weighted by Crippen LogP contribution is -2.48. The summed E-state index contributed by atoms with van der Waals surface area (Å²) in [5.74, 6) is 0.899. The molecule has 0 bridgehead atoms. The normalized spacial score (nSPS) is 15.7. The van der Waals surface area contributed by atoms with Crippen molar-refractivity contribution in [2.75, 3.05) is 31.1 Å². The number of anilines is 1. The van der Waals surface area contributed by atoms with Crippen LogP contribution in [-0.2, 0) is 11.0 Å². The highest BCUT2D eigenvalue weighted by Gasteiger charge is 2.31. The molecule has 0 saturated carbocycles. The van der Waals surface area contributed by atoms with Crippen molar-refractivity contribution < 1.29 is 22.4 Å². The Morgan fingerprint density at radius 1 is 1.15 bits per heavy atom. The molecule has 0 N–H and O–H groups in total. The standard InChI is InChI=1S/C17H15BrF3N3O2/c18-14-4-2-13(26-14)3-6-16(25)24-9-7-23(8-10-24)15-5-1-12(11-22-15)17(19,20)21/h1-6,11H,7-10H2/b6-3+. The number of amides is 1. The summed E-state index contributed by atoms with van der Waals surface area (Å²) in [4.78, 5) is 19.6. The summed E-state index contributed by atoms with van der Waals surface area (Å²) in [6.07, 6.45) is -0.530. The Morgan fingerprint density at radius 2 is 1.88 bits per heavy atom. The second-order valence-corrected chi connectivity index (χ2v) is 6.47. The Hall–Kier alpha value is -2.29. The number of piperazine rings is 1. The molecule has 3 rings (SSSR count). The molecule has 1 aliphatic heterocycles. The van der Waals surface area contributed by atoms with Gasteiger partial charge in [0, 0.05) is 38.5 Å². The van der Waals surface area contributed by atoms with Gasteiger partial charge in [-0.2, -0.15) is 13.2 Å². The zero-order valence-corrected chi connectivity index (χ0v) is 15.1. The largest absolute Gasteiger partial charge is 0.450 e. The molecule has 1 aliphatic rings. The number of alkyl halides is 3. The number of hydrogen-bond acceptors (Lipinski definition) is 4. The van der Waals surface area contributed by atoms with Crippen molar-refractivity contribution in [2.45, 2.75) is 6.18 Å². The summed E-state index contributed by atoms with van der Waals surface area (Å²) < 4.78 is 43.6. The summed E-state index contributed by atoms with van der Waals surface area (Å²) in [5.41, 5.74) is -0.773. The van der Waals surface area contributed by atoms with Gasteiger partial charge in [0.1, 0.15) is 11.6 Å². The molecule has 0 spiro atoms. The molecule has 1 fully saturated rings. The van der Waals surface area contributed by atoms with Crippen molar-refractivity contribution in [2.24, 2.45) is 0 Å². The van der Waals surface area contributed by atoms with E-state index in [-0.39, 0.29) is 5.91 Å². The smallest absolute Gasteiger partial charge is 0.417 e. The van der Waals surface area contributed by atoms with Gasteiger partial charge in [-0.1, -0.05) is 0 Å². The van der Waals surface area contributed by atoms with Gasteiger partial charge in [0.25, 0.3) is 0 Å². The lowest BCUT2D eigenvalue weighted by Gasteiger charge is -2.35. The molecular formula is C17H15BrF3N3O2. The highest BCUT2D eigenvalue weighted by molar-refractivity contribution is 9.10. The molecular weight excluding hydrogens is 415 g/mol. The first-order valence-corrected chi connectivity index (χ1v) is 8.63. The van der Waals surface area contributed by atoms with Gasteiger partial charge in [-0.25, -0.2) is 4.98 Å². The van der Waals surface area contributed by atoms with E-state index < -0.39 is 11.7 Å². The van der Waals surface area contributed by atoms with Gasteiger partial charge >= 0.3 is 6.18 Å². The SMILES string of the molecule is O=C(/C=C/c1ccc(Br)o1)N1CCN(c2ccc(C(F)(F)F)cn2)CC1. The van der Waals surface area contributed by atoms with Crippen LogP contribution < -0.4 is 4.90 Å². The van der Waals surface area contributed by atoms with Gasteiger partial charge in [0.15, 0.2) is 4.67 Å². The minimum Gasteiger partial charge on any atom is -0.450 e. The third-order valence-electron chi connectivity index (χ3n) is 3.97. The summed E-state index contributed by atoms with van der Waals surface area (Å²) in [7, 11) is 0. The van der Waals surface area contributed by atoms with E-state index in [4.69, 9.17) is 4.42 Å². The van der Waals surface area contributed by atoms with Gasteiger partial charge in [-0.15, -0.1) is 0 Å². The average molecular weight is 430 g/mol. The van der Waals surface area contributed by atoms with Crippen LogP contribution in [0.25, 0.3) is 6.08 Å². The number of carbonyl (C=O) groups excluding carboxylic acids is 1. The number of pyridine rings is 1. The molecule has 26 heavy (non-hydrogen) atoms. The van der Waals surface area contributed by atoms with E-state index in [0.29, 0.717) is 42.4 Å². The van der Waals surface area contributed by atoms with Crippen LogP contribution in [0.2, 0.25) is 0 Å². The second-order valence-electron chi connectivity index (χ2n) is 5.69. The van der Waals surface area contributed by atoms with Crippen molar-refractivity contribution in [1.82, 2.24) is 9.88 Å². The summed E-state index contributed by atoms with van der Waals surface area (Å²) in [6, 6.07) is 5.85. The molecule has 5 nitrogen and oxygen atoms in total. The van der Waals surface area contributed by atoms with E-state index in [2.05, 4.69) is 20.9 Å². The van der Waals surface area contributed by atoms with Crippen LogP contribution in [-0.4, -0.2) is 42.0 Å². The zero-order valence-electron chi connectivity index (χ0n) is 13.5. The van der Waals surface area contributed by atoms with Crippen LogP contribution in [0.15, 0.2) is 45.6 Å². The molecule has 2 aromatic heterocycles. The maximum Gasteiger partial charge on any atom is 0.417 e. The highest BCUT2D eigenvalue weighted by Crippen LogP contribution is 2.29. The molecule has 2 aromatic rings. The number of rotatable bonds is 3. The summed E-state index contributed by atoms with van der Waals surface area (Å²) >= 11 is 3.19. The Labute approximate surface area is 156 Å². The van der Waals surface area contributed by atoms with E-state index in [1.165, 1.54) is 12.1 Å². The zero-order chi connectivity index (χ0) is 18.7. The van der Waals surface area contributed by atoms with Crippen LogP contribution >= 0.6 is 15.9 Å². The van der Waals surface area contributed by atoms with Crippen molar-refractivity contribution in [3.63, 3.8) is 0 Å². The quantitative estimate of drug-likeness (QED) is 0.695. The molecule has 1 saturated heterocycles. The van der Waals surface area contributed by atoms with Gasteiger partial charge < -0.3 is 14.2 Å². The Kier molecular flexibility index (Phi) is 5.36. The third-order valence-corrected chi connectivity index (χ3v) is 4.40. The fourth-order valence-electron chi connectivity index (χ4n) is 2.57. The average Bonchev–Trinajstić information content (AvgIpc) is 3.04. The first-order chi connectivity index (χ1) is 12.3. The van der Waals surface area contributed by atoms with Crippen molar-refractivity contribution in [1.29, 1.82) is 0 Å². The monoisotopic (exact) mass is 429 g/mol. The number of carbonyl (C=O) groups is 1. The fourth-order valence-corrected chi connectivity index (χ4v) is 2.89. The van der Waals surface area contributed by atoms with Gasteiger partial charge in [0.2, 0.25) is 5.91 Å². The van der Waals surface area contributed by atoms with E-state index in [1.54, 1.807) is 23.1 Å². The molecule has 9 heteroatoms. The van der Waals surface area contributed by atoms with Gasteiger partial charge in [0.05, 0.1) is 5.56 Å². The maximum atomic E-state index is 12.6. The Balaban J connectivity index is 1.55. The van der Waals surface area contributed by atoms with Crippen LogP contribution in [0.1, 0.15) is 11.3 Å². The van der Waals surface area contributed by atoms with Crippen molar-refractivity contribution in [3.8, 4) is 0 Å². The van der Waals surface area contributed by atoms with Gasteiger partial charge in [-0.3, -0.25) is 4.79 Å². The number of hydrogen-bond donors (Lipinski definition) is 0. The van der Waals surface area contributed by atoms with Crippen LogP contribution in [0.4, 0.5) is 19.0 Å². The maximum absolute atomic E-state index is 12.6. The molecule has 0 atom stereocenters. The van der Waals surface area contributed by atoms with Crippen LogP contribution in [0, 0.1) is 0 Å². The predicted octanol–water partition coefficient (Wildman–Crippen LogP) is 3.82. The Bertz CT molecular complexity index is 794. The second kappa shape index (κ2) is 7.53.